The van der Waals surface area contributed by atoms with Crippen LogP contribution in [0.1, 0.15) is 12.8 Å². The summed E-state index contributed by atoms with van der Waals surface area (Å²) >= 11 is 0. The lowest BCUT2D eigenvalue weighted by atomic mass is 10.1. The second kappa shape index (κ2) is 8.27. The van der Waals surface area contributed by atoms with Crippen molar-refractivity contribution in [1.82, 2.24) is 20.0 Å². The van der Waals surface area contributed by atoms with Crippen LogP contribution in [0, 0.1) is 0 Å². The van der Waals surface area contributed by atoms with E-state index in [1.807, 2.05) is 37.4 Å². The van der Waals surface area contributed by atoms with Crippen molar-refractivity contribution < 1.29 is 4.74 Å². The van der Waals surface area contributed by atoms with E-state index in [1.54, 1.807) is 0 Å². The van der Waals surface area contributed by atoms with E-state index < -0.39 is 0 Å². The van der Waals surface area contributed by atoms with E-state index in [9.17, 15) is 0 Å². The van der Waals surface area contributed by atoms with Crippen LogP contribution < -0.4 is 10.1 Å². The van der Waals surface area contributed by atoms with Gasteiger partial charge >= 0.3 is 0 Å². The molecular weight excluding hydrogens is 326 g/mol. The van der Waals surface area contributed by atoms with E-state index in [0.29, 0.717) is 12.1 Å². The number of nitrogens with zero attached hydrogens (tertiary/aromatic N) is 4. The molecule has 1 unspecified atom stereocenters. The first-order valence-electron chi connectivity index (χ1n) is 9.95. The number of likely N-dealkylation sites (tertiary alicyclic amines) is 1. The van der Waals surface area contributed by atoms with Crippen LogP contribution in [0.3, 0.4) is 0 Å². The van der Waals surface area contributed by atoms with Gasteiger partial charge in [0.2, 0.25) is 0 Å². The highest BCUT2D eigenvalue weighted by Gasteiger charge is 2.32. The summed E-state index contributed by atoms with van der Waals surface area (Å²) in [4.78, 5) is 12.1. The monoisotopic (exact) mass is 357 g/mol. The zero-order chi connectivity index (χ0) is 17.8. The molecule has 0 aromatic heterocycles. The molecule has 0 amide bonds. The summed E-state index contributed by atoms with van der Waals surface area (Å²) in [6, 6.07) is 10.8. The molecule has 142 valence electrons. The smallest absolute Gasteiger partial charge is 0.193 e. The van der Waals surface area contributed by atoms with Crippen molar-refractivity contribution in [2.45, 2.75) is 25.0 Å². The number of hydrogen-bond donors (Lipinski definition) is 1. The van der Waals surface area contributed by atoms with Crippen molar-refractivity contribution in [2.75, 3.05) is 59.4 Å². The van der Waals surface area contributed by atoms with Crippen molar-refractivity contribution in [1.29, 1.82) is 0 Å². The molecule has 26 heavy (non-hydrogen) atoms. The van der Waals surface area contributed by atoms with Crippen molar-refractivity contribution in [3.8, 4) is 5.75 Å². The Balaban J connectivity index is 1.23. The van der Waals surface area contributed by atoms with Gasteiger partial charge in [0.05, 0.1) is 0 Å². The molecule has 4 heterocycles. The molecule has 0 spiro atoms. The fourth-order valence-corrected chi connectivity index (χ4v) is 4.34. The van der Waals surface area contributed by atoms with E-state index in [1.165, 1.54) is 32.7 Å². The lowest BCUT2D eigenvalue weighted by Crippen LogP contribution is -2.64. The number of fused-ring (bicyclic) bond motifs is 3. The quantitative estimate of drug-likeness (QED) is 0.646. The van der Waals surface area contributed by atoms with E-state index in [4.69, 9.17) is 4.74 Å². The molecule has 0 aliphatic carbocycles. The lowest BCUT2D eigenvalue weighted by molar-refractivity contribution is 0.0151. The molecule has 1 aromatic rings. The largest absolute Gasteiger partial charge is 0.490 e. The van der Waals surface area contributed by atoms with Crippen molar-refractivity contribution in [2.24, 2.45) is 4.99 Å². The fourth-order valence-electron chi connectivity index (χ4n) is 4.34. The Morgan fingerprint density at radius 3 is 2.42 bits per heavy atom. The third-order valence-corrected chi connectivity index (χ3v) is 5.89. The fraction of sp³-hybridized carbons (Fsp3) is 0.650. The van der Waals surface area contributed by atoms with Crippen LogP contribution in [-0.4, -0.2) is 92.2 Å². The summed E-state index contributed by atoms with van der Waals surface area (Å²) in [5.74, 6) is 2.02. The zero-order valence-corrected chi connectivity index (χ0v) is 15.8. The second-order valence-electron chi connectivity index (χ2n) is 7.54. The van der Waals surface area contributed by atoms with E-state index in [0.717, 1.165) is 44.2 Å². The number of rotatable bonds is 4. The number of benzene rings is 1. The predicted molar refractivity (Wildman–Crippen MR) is 105 cm³/mol. The maximum absolute atomic E-state index is 6.11. The van der Waals surface area contributed by atoms with Gasteiger partial charge in [0.1, 0.15) is 11.9 Å². The van der Waals surface area contributed by atoms with Crippen LogP contribution in [0.15, 0.2) is 35.3 Å². The molecular formula is C20H31N5O. The van der Waals surface area contributed by atoms with E-state index in [2.05, 4.69) is 25.0 Å². The summed E-state index contributed by atoms with van der Waals surface area (Å²) in [5.41, 5.74) is 0. The average molecular weight is 358 g/mol. The van der Waals surface area contributed by atoms with Crippen molar-refractivity contribution >= 4 is 5.96 Å². The summed E-state index contributed by atoms with van der Waals surface area (Å²) < 4.78 is 6.11. The number of para-hydroxylation sites is 1. The minimum Gasteiger partial charge on any atom is -0.490 e. The third kappa shape index (κ3) is 4.13. The van der Waals surface area contributed by atoms with Crippen molar-refractivity contribution in [3.05, 3.63) is 30.3 Å². The Kier molecular flexibility index (Phi) is 5.60. The van der Waals surface area contributed by atoms with Gasteiger partial charge in [-0.3, -0.25) is 14.8 Å². The Bertz CT molecular complexity index is 591. The van der Waals surface area contributed by atoms with Gasteiger partial charge in [-0.1, -0.05) is 18.2 Å². The Morgan fingerprint density at radius 2 is 1.81 bits per heavy atom. The first kappa shape index (κ1) is 17.6. The number of aliphatic imine (C=N–C) groups is 1. The summed E-state index contributed by atoms with van der Waals surface area (Å²) in [7, 11) is 1.89. The van der Waals surface area contributed by atoms with Gasteiger partial charge < -0.3 is 15.0 Å². The molecule has 1 atom stereocenters. The molecule has 0 saturated carbocycles. The Hall–Kier alpha value is -1.79. The number of guanidine groups is 1. The minimum atomic E-state index is 0.305. The second-order valence-corrected chi connectivity index (χ2v) is 7.54. The van der Waals surface area contributed by atoms with Gasteiger partial charge in [0.25, 0.3) is 0 Å². The van der Waals surface area contributed by atoms with Gasteiger partial charge in [-0.2, -0.15) is 0 Å². The molecule has 4 aliphatic rings. The molecule has 4 saturated heterocycles. The van der Waals surface area contributed by atoms with Gasteiger partial charge in [0, 0.05) is 78.3 Å². The first-order chi connectivity index (χ1) is 12.8. The molecule has 4 fully saturated rings. The highest BCUT2D eigenvalue weighted by atomic mass is 16.5. The maximum Gasteiger partial charge on any atom is 0.193 e. The zero-order valence-electron chi connectivity index (χ0n) is 15.8. The van der Waals surface area contributed by atoms with Gasteiger partial charge in [0.15, 0.2) is 5.96 Å². The predicted octanol–water partition coefficient (Wildman–Crippen LogP) is 1.11. The highest BCUT2D eigenvalue weighted by Crippen LogP contribution is 2.19. The number of hydrogen-bond acceptors (Lipinski definition) is 4. The molecule has 6 heteroatoms. The topological polar surface area (TPSA) is 43.3 Å². The van der Waals surface area contributed by atoms with Crippen LogP contribution >= 0.6 is 0 Å². The molecule has 2 bridgehead atoms. The van der Waals surface area contributed by atoms with Crippen molar-refractivity contribution in [3.63, 3.8) is 0 Å². The summed E-state index contributed by atoms with van der Waals surface area (Å²) in [6.45, 7) is 9.08. The molecule has 1 aromatic carbocycles. The summed E-state index contributed by atoms with van der Waals surface area (Å²) in [6.07, 6.45) is 2.39. The van der Waals surface area contributed by atoms with Gasteiger partial charge in [-0.25, -0.2) is 0 Å². The standard InChI is InChI=1S/C20H31N5O/c1-21-20(22-15-17-16-23-11-13-24(17)14-12-23)25-9-7-19(8-10-25)26-18-5-3-2-4-6-18/h2-6,17,19H,7-16H2,1H3,(H,21,22). The molecule has 1 N–H and O–H groups in total. The number of piperazine rings is 3. The van der Waals surface area contributed by atoms with Gasteiger partial charge in [-0.15, -0.1) is 0 Å². The molecule has 5 rings (SSSR count). The minimum absolute atomic E-state index is 0.305. The van der Waals surface area contributed by atoms with E-state index in [-0.39, 0.29) is 0 Å². The molecule has 4 aliphatic heterocycles. The lowest BCUT2D eigenvalue weighted by Gasteiger charge is -2.47. The SMILES string of the molecule is CN=C(NCC1CN2CCN1CC2)N1CCC(Oc2ccccc2)CC1. The molecule has 6 nitrogen and oxygen atoms in total. The third-order valence-electron chi connectivity index (χ3n) is 5.89. The van der Waals surface area contributed by atoms with Crippen LogP contribution in [0.4, 0.5) is 0 Å². The Morgan fingerprint density at radius 1 is 1.08 bits per heavy atom. The number of nitrogens with one attached hydrogen (secondary N) is 1. The van der Waals surface area contributed by atoms with Crippen LogP contribution in [0.5, 0.6) is 5.75 Å². The van der Waals surface area contributed by atoms with Crippen LogP contribution in [-0.2, 0) is 0 Å². The average Bonchev–Trinajstić information content (AvgIpc) is 2.71. The number of piperidine rings is 1. The summed E-state index contributed by atoms with van der Waals surface area (Å²) in [5, 5.41) is 3.63. The maximum atomic E-state index is 6.11. The highest BCUT2D eigenvalue weighted by molar-refractivity contribution is 5.80. The van der Waals surface area contributed by atoms with Gasteiger partial charge in [-0.05, 0) is 12.1 Å². The Labute approximate surface area is 156 Å². The van der Waals surface area contributed by atoms with Crippen LogP contribution in [0.2, 0.25) is 0 Å². The first-order valence-corrected chi connectivity index (χ1v) is 9.95. The number of ether oxygens (including phenoxy) is 1. The normalized spacial score (nSPS) is 29.7. The van der Waals surface area contributed by atoms with E-state index >= 15 is 0 Å². The van der Waals surface area contributed by atoms with Crippen LogP contribution in [0.25, 0.3) is 0 Å². The molecule has 0 radical (unpaired) electrons.